The van der Waals surface area contributed by atoms with Gasteiger partial charge in [0.1, 0.15) is 11.5 Å². The van der Waals surface area contributed by atoms with Crippen LogP contribution in [0.2, 0.25) is 0 Å². The van der Waals surface area contributed by atoms with Crippen molar-refractivity contribution in [3.05, 3.63) is 59.7 Å². The second-order valence-corrected chi connectivity index (χ2v) is 4.34. The molecule has 2 rings (SSSR count). The molecule has 1 unspecified atom stereocenters. The first-order valence-electron chi connectivity index (χ1n) is 6.10. The number of aliphatic hydroxyl groups is 1. The fourth-order valence-electron chi connectivity index (χ4n) is 1.91. The van der Waals surface area contributed by atoms with Crippen LogP contribution in [-0.4, -0.2) is 21.9 Å². The van der Waals surface area contributed by atoms with Gasteiger partial charge in [-0.3, -0.25) is 0 Å². The first-order valence-corrected chi connectivity index (χ1v) is 6.10. The molecule has 0 bridgehead atoms. The Labute approximate surface area is 112 Å². The zero-order valence-corrected chi connectivity index (χ0v) is 10.5. The van der Waals surface area contributed by atoms with Gasteiger partial charge in [0.05, 0.1) is 12.6 Å². The van der Waals surface area contributed by atoms with E-state index in [4.69, 9.17) is 0 Å². The second kappa shape index (κ2) is 6.22. The standard InChI is InChI=1S/C15H17NO3/c17-10-14(11-4-2-1-3-5-11)16-9-12-6-7-13(18)8-15(12)19/h1-8,14,16-19H,9-10H2. The molecular formula is C15H17NO3. The van der Waals surface area contributed by atoms with E-state index in [0.717, 1.165) is 5.56 Å². The van der Waals surface area contributed by atoms with Gasteiger partial charge in [0.2, 0.25) is 0 Å². The number of rotatable bonds is 5. The van der Waals surface area contributed by atoms with Crippen LogP contribution in [0.25, 0.3) is 0 Å². The van der Waals surface area contributed by atoms with E-state index < -0.39 is 0 Å². The Morgan fingerprint density at radius 1 is 1.00 bits per heavy atom. The summed E-state index contributed by atoms with van der Waals surface area (Å²) in [6, 6.07) is 13.9. The predicted octanol–water partition coefficient (Wildman–Crippen LogP) is 1.92. The highest BCUT2D eigenvalue weighted by atomic mass is 16.3. The third-order valence-corrected chi connectivity index (χ3v) is 2.99. The molecule has 2 aromatic carbocycles. The monoisotopic (exact) mass is 259 g/mol. The van der Waals surface area contributed by atoms with Gasteiger partial charge >= 0.3 is 0 Å². The lowest BCUT2D eigenvalue weighted by molar-refractivity contribution is 0.243. The molecule has 0 spiro atoms. The minimum Gasteiger partial charge on any atom is -0.508 e. The fraction of sp³-hybridized carbons (Fsp3) is 0.200. The van der Waals surface area contributed by atoms with Gasteiger partial charge in [0, 0.05) is 18.2 Å². The molecule has 4 heteroatoms. The minimum absolute atomic E-state index is 0.0249. The van der Waals surface area contributed by atoms with Crippen LogP contribution < -0.4 is 5.32 Å². The summed E-state index contributed by atoms with van der Waals surface area (Å²) in [6.45, 7) is 0.384. The number of aromatic hydroxyl groups is 2. The molecule has 0 aromatic heterocycles. The van der Waals surface area contributed by atoms with Crippen LogP contribution in [0, 0.1) is 0 Å². The molecule has 0 aliphatic rings. The van der Waals surface area contributed by atoms with E-state index in [1.807, 2.05) is 30.3 Å². The van der Waals surface area contributed by atoms with Gasteiger partial charge in [-0.05, 0) is 11.6 Å². The smallest absolute Gasteiger partial charge is 0.123 e. The number of hydrogen-bond donors (Lipinski definition) is 4. The minimum atomic E-state index is -0.186. The summed E-state index contributed by atoms with van der Waals surface area (Å²) in [5.41, 5.74) is 1.66. The second-order valence-electron chi connectivity index (χ2n) is 4.34. The van der Waals surface area contributed by atoms with Crippen molar-refractivity contribution in [1.29, 1.82) is 0 Å². The summed E-state index contributed by atoms with van der Waals surface area (Å²) in [5, 5.41) is 31.5. The average molecular weight is 259 g/mol. The summed E-state index contributed by atoms with van der Waals surface area (Å²) < 4.78 is 0. The Morgan fingerprint density at radius 3 is 2.37 bits per heavy atom. The summed E-state index contributed by atoms with van der Waals surface area (Å²) in [4.78, 5) is 0. The normalized spacial score (nSPS) is 12.3. The molecule has 0 heterocycles. The van der Waals surface area contributed by atoms with Crippen molar-refractivity contribution >= 4 is 0 Å². The summed E-state index contributed by atoms with van der Waals surface area (Å²) in [6.07, 6.45) is 0. The molecule has 0 fully saturated rings. The summed E-state index contributed by atoms with van der Waals surface area (Å²) in [7, 11) is 0. The first kappa shape index (κ1) is 13.4. The molecule has 0 aliphatic carbocycles. The van der Waals surface area contributed by atoms with E-state index in [1.165, 1.54) is 12.1 Å². The van der Waals surface area contributed by atoms with Gasteiger partial charge < -0.3 is 20.6 Å². The van der Waals surface area contributed by atoms with Gasteiger partial charge in [-0.2, -0.15) is 0 Å². The maximum atomic E-state index is 9.69. The number of hydrogen-bond acceptors (Lipinski definition) is 4. The van der Waals surface area contributed by atoms with Gasteiger partial charge in [-0.1, -0.05) is 36.4 Å². The Morgan fingerprint density at radius 2 is 1.74 bits per heavy atom. The molecule has 0 saturated carbocycles. The SMILES string of the molecule is OCC(NCc1ccc(O)cc1O)c1ccccc1. The quantitative estimate of drug-likeness (QED) is 0.662. The van der Waals surface area contributed by atoms with Crippen LogP contribution in [0.5, 0.6) is 11.5 Å². The third-order valence-electron chi connectivity index (χ3n) is 2.99. The number of benzene rings is 2. The largest absolute Gasteiger partial charge is 0.508 e. The average Bonchev–Trinajstić information content (AvgIpc) is 2.43. The lowest BCUT2D eigenvalue weighted by Gasteiger charge is -2.17. The van der Waals surface area contributed by atoms with E-state index in [2.05, 4.69) is 5.32 Å². The van der Waals surface area contributed by atoms with E-state index in [0.29, 0.717) is 12.1 Å². The van der Waals surface area contributed by atoms with Crippen molar-refractivity contribution in [2.24, 2.45) is 0 Å². The molecule has 2 aromatic rings. The highest BCUT2D eigenvalue weighted by Gasteiger charge is 2.10. The molecule has 4 N–H and O–H groups in total. The number of phenolic OH excluding ortho intramolecular Hbond substituents is 2. The summed E-state index contributed by atoms with van der Waals surface area (Å²) in [5.74, 6) is 0.0697. The molecule has 4 nitrogen and oxygen atoms in total. The topological polar surface area (TPSA) is 72.7 Å². The molecule has 0 radical (unpaired) electrons. The summed E-state index contributed by atoms with van der Waals surface area (Å²) >= 11 is 0. The molecule has 0 amide bonds. The van der Waals surface area contributed by atoms with Gasteiger partial charge in [0.15, 0.2) is 0 Å². The van der Waals surface area contributed by atoms with Crippen molar-refractivity contribution in [3.8, 4) is 11.5 Å². The highest BCUT2D eigenvalue weighted by molar-refractivity contribution is 5.38. The van der Waals surface area contributed by atoms with E-state index in [-0.39, 0.29) is 24.1 Å². The van der Waals surface area contributed by atoms with Crippen LogP contribution in [0.15, 0.2) is 48.5 Å². The number of phenols is 2. The lowest BCUT2D eigenvalue weighted by atomic mass is 10.1. The van der Waals surface area contributed by atoms with Crippen LogP contribution in [-0.2, 0) is 6.54 Å². The molecule has 1 atom stereocenters. The van der Waals surface area contributed by atoms with Gasteiger partial charge in [-0.25, -0.2) is 0 Å². The molecular weight excluding hydrogens is 242 g/mol. The molecule has 19 heavy (non-hydrogen) atoms. The highest BCUT2D eigenvalue weighted by Crippen LogP contribution is 2.23. The Kier molecular flexibility index (Phi) is 4.39. The zero-order chi connectivity index (χ0) is 13.7. The van der Waals surface area contributed by atoms with E-state index in [9.17, 15) is 15.3 Å². The van der Waals surface area contributed by atoms with Crippen molar-refractivity contribution < 1.29 is 15.3 Å². The Bertz CT molecular complexity index is 528. The first-order chi connectivity index (χ1) is 9.20. The Balaban J connectivity index is 2.04. The van der Waals surface area contributed by atoms with E-state index in [1.54, 1.807) is 6.07 Å². The predicted molar refractivity (Wildman–Crippen MR) is 72.9 cm³/mol. The van der Waals surface area contributed by atoms with Crippen molar-refractivity contribution in [1.82, 2.24) is 5.32 Å². The van der Waals surface area contributed by atoms with Gasteiger partial charge in [-0.15, -0.1) is 0 Å². The molecule has 0 saturated heterocycles. The van der Waals surface area contributed by atoms with Crippen molar-refractivity contribution in [3.63, 3.8) is 0 Å². The fourth-order valence-corrected chi connectivity index (χ4v) is 1.91. The van der Waals surface area contributed by atoms with Crippen LogP contribution in [0.1, 0.15) is 17.2 Å². The van der Waals surface area contributed by atoms with Crippen LogP contribution >= 0.6 is 0 Å². The zero-order valence-electron chi connectivity index (χ0n) is 10.5. The molecule has 100 valence electrons. The van der Waals surface area contributed by atoms with Crippen LogP contribution in [0.4, 0.5) is 0 Å². The molecule has 0 aliphatic heterocycles. The van der Waals surface area contributed by atoms with Crippen molar-refractivity contribution in [2.45, 2.75) is 12.6 Å². The van der Waals surface area contributed by atoms with Crippen molar-refractivity contribution in [2.75, 3.05) is 6.61 Å². The number of nitrogens with one attached hydrogen (secondary N) is 1. The maximum absolute atomic E-state index is 9.69. The van der Waals surface area contributed by atoms with Crippen LogP contribution in [0.3, 0.4) is 0 Å². The number of aliphatic hydroxyl groups excluding tert-OH is 1. The lowest BCUT2D eigenvalue weighted by Crippen LogP contribution is -2.23. The Hall–Kier alpha value is -2.04. The van der Waals surface area contributed by atoms with E-state index >= 15 is 0 Å². The third kappa shape index (κ3) is 3.47. The maximum Gasteiger partial charge on any atom is 0.123 e. The van der Waals surface area contributed by atoms with Gasteiger partial charge in [0.25, 0.3) is 0 Å².